The molecule has 0 aromatic heterocycles. The van der Waals surface area contributed by atoms with Crippen molar-refractivity contribution < 1.29 is 9.90 Å². The summed E-state index contributed by atoms with van der Waals surface area (Å²) < 4.78 is 0. The number of aliphatic carboxylic acids is 1. The highest BCUT2D eigenvalue weighted by Crippen LogP contribution is 2.00. The lowest BCUT2D eigenvalue weighted by Gasteiger charge is -2.15. The van der Waals surface area contributed by atoms with Crippen molar-refractivity contribution in [3.63, 3.8) is 0 Å². The fourth-order valence-electron chi connectivity index (χ4n) is 1.12. The van der Waals surface area contributed by atoms with E-state index in [1.807, 2.05) is 0 Å². The van der Waals surface area contributed by atoms with Gasteiger partial charge in [0.1, 0.15) is 12.3 Å². The maximum Gasteiger partial charge on any atom is 0.320 e. The first kappa shape index (κ1) is 8.45. The SMILES string of the molecule is NC1NCCCC(C(=O)O)N1. The molecule has 0 radical (unpaired) electrons. The van der Waals surface area contributed by atoms with Crippen molar-refractivity contribution in [2.45, 2.75) is 25.2 Å². The fraction of sp³-hybridized carbons (Fsp3) is 0.833. The van der Waals surface area contributed by atoms with Gasteiger partial charge in [-0.2, -0.15) is 0 Å². The van der Waals surface area contributed by atoms with E-state index in [-0.39, 0.29) is 0 Å². The number of hydrogen-bond acceptors (Lipinski definition) is 4. The van der Waals surface area contributed by atoms with Crippen LogP contribution in [0.3, 0.4) is 0 Å². The summed E-state index contributed by atoms with van der Waals surface area (Å²) >= 11 is 0. The van der Waals surface area contributed by atoms with Crippen molar-refractivity contribution in [1.29, 1.82) is 0 Å². The van der Waals surface area contributed by atoms with Crippen LogP contribution >= 0.6 is 0 Å². The van der Waals surface area contributed by atoms with Crippen LogP contribution < -0.4 is 16.4 Å². The van der Waals surface area contributed by atoms with E-state index >= 15 is 0 Å². The summed E-state index contributed by atoms with van der Waals surface area (Å²) in [6.07, 6.45) is 1.09. The third-order valence-corrected chi connectivity index (χ3v) is 1.71. The zero-order chi connectivity index (χ0) is 8.27. The van der Waals surface area contributed by atoms with Crippen LogP contribution in [-0.2, 0) is 4.79 Å². The maximum atomic E-state index is 10.5. The highest BCUT2D eigenvalue weighted by atomic mass is 16.4. The lowest BCUT2D eigenvalue weighted by atomic mass is 10.2. The zero-order valence-electron chi connectivity index (χ0n) is 6.21. The first-order chi connectivity index (χ1) is 5.20. The molecule has 1 aliphatic heterocycles. The molecule has 5 heteroatoms. The van der Waals surface area contributed by atoms with Gasteiger partial charge in [0.15, 0.2) is 0 Å². The van der Waals surface area contributed by atoms with Gasteiger partial charge in [-0.1, -0.05) is 0 Å². The van der Waals surface area contributed by atoms with E-state index in [9.17, 15) is 4.79 Å². The lowest BCUT2D eigenvalue weighted by Crippen LogP contribution is -2.53. The Labute approximate surface area is 65.0 Å². The molecule has 1 fully saturated rings. The van der Waals surface area contributed by atoms with Gasteiger partial charge in [-0.05, 0) is 19.4 Å². The van der Waals surface area contributed by atoms with Gasteiger partial charge in [0.05, 0.1) is 0 Å². The van der Waals surface area contributed by atoms with Crippen molar-refractivity contribution in [3.05, 3.63) is 0 Å². The zero-order valence-corrected chi connectivity index (χ0v) is 6.21. The molecule has 0 saturated carbocycles. The Morgan fingerprint density at radius 2 is 2.36 bits per heavy atom. The average molecular weight is 159 g/mol. The predicted octanol–water partition coefficient (Wildman–Crippen LogP) is -1.35. The predicted molar refractivity (Wildman–Crippen MR) is 39.8 cm³/mol. The van der Waals surface area contributed by atoms with Crippen LogP contribution in [0.5, 0.6) is 0 Å². The summed E-state index contributed by atoms with van der Waals surface area (Å²) in [7, 11) is 0. The van der Waals surface area contributed by atoms with Gasteiger partial charge in [-0.15, -0.1) is 0 Å². The Kier molecular flexibility index (Phi) is 2.81. The van der Waals surface area contributed by atoms with Crippen LogP contribution in [0, 0.1) is 0 Å². The van der Waals surface area contributed by atoms with Gasteiger partial charge >= 0.3 is 5.97 Å². The number of nitrogens with two attached hydrogens (primary N) is 1. The molecule has 5 N–H and O–H groups in total. The molecule has 0 spiro atoms. The molecule has 0 aromatic carbocycles. The highest BCUT2D eigenvalue weighted by molar-refractivity contribution is 5.73. The summed E-state index contributed by atoms with van der Waals surface area (Å²) in [6.45, 7) is 0.776. The van der Waals surface area contributed by atoms with Gasteiger partial charge in [0.2, 0.25) is 0 Å². The fourth-order valence-corrected chi connectivity index (χ4v) is 1.12. The second-order valence-electron chi connectivity index (χ2n) is 2.63. The van der Waals surface area contributed by atoms with E-state index in [0.717, 1.165) is 13.0 Å². The molecule has 0 amide bonds. The molecule has 1 heterocycles. The third kappa shape index (κ3) is 2.45. The molecule has 2 unspecified atom stereocenters. The molecule has 2 atom stereocenters. The maximum absolute atomic E-state index is 10.5. The Hall–Kier alpha value is -0.650. The van der Waals surface area contributed by atoms with Crippen LogP contribution in [-0.4, -0.2) is 30.0 Å². The number of carboxylic acid groups (broad SMARTS) is 1. The minimum absolute atomic E-state index is 0.390. The van der Waals surface area contributed by atoms with E-state index in [0.29, 0.717) is 6.42 Å². The van der Waals surface area contributed by atoms with Crippen molar-refractivity contribution in [3.8, 4) is 0 Å². The van der Waals surface area contributed by atoms with Crippen molar-refractivity contribution in [2.75, 3.05) is 6.54 Å². The summed E-state index contributed by atoms with van der Waals surface area (Å²) in [5, 5.41) is 14.3. The first-order valence-corrected chi connectivity index (χ1v) is 3.68. The van der Waals surface area contributed by atoms with Crippen LogP contribution in [0.25, 0.3) is 0 Å². The summed E-state index contributed by atoms with van der Waals surface area (Å²) in [4.78, 5) is 10.5. The topological polar surface area (TPSA) is 87.4 Å². The second-order valence-corrected chi connectivity index (χ2v) is 2.63. The van der Waals surface area contributed by atoms with Crippen molar-refractivity contribution in [1.82, 2.24) is 10.6 Å². The number of carboxylic acids is 1. The molecule has 1 rings (SSSR count). The smallest absolute Gasteiger partial charge is 0.320 e. The molecular formula is C6H13N3O2. The quantitative estimate of drug-likeness (QED) is 0.380. The van der Waals surface area contributed by atoms with Crippen LogP contribution in [0.4, 0.5) is 0 Å². The number of rotatable bonds is 1. The molecule has 1 saturated heterocycles. The number of nitrogens with one attached hydrogen (secondary N) is 2. The normalized spacial score (nSPS) is 32.8. The number of carbonyl (C=O) groups is 1. The minimum Gasteiger partial charge on any atom is -0.480 e. The Bertz CT molecular complexity index is 151. The largest absolute Gasteiger partial charge is 0.480 e. The van der Waals surface area contributed by atoms with Crippen LogP contribution in [0.1, 0.15) is 12.8 Å². The molecule has 64 valence electrons. The Morgan fingerprint density at radius 3 is 3.00 bits per heavy atom. The van der Waals surface area contributed by atoms with Gasteiger partial charge in [-0.25, -0.2) is 0 Å². The molecule has 0 aromatic rings. The second kappa shape index (κ2) is 3.66. The van der Waals surface area contributed by atoms with Gasteiger partial charge in [-0.3, -0.25) is 15.4 Å². The van der Waals surface area contributed by atoms with Crippen LogP contribution in [0.2, 0.25) is 0 Å². The van der Waals surface area contributed by atoms with Crippen LogP contribution in [0.15, 0.2) is 0 Å². The van der Waals surface area contributed by atoms with Gasteiger partial charge < -0.3 is 10.8 Å². The average Bonchev–Trinajstić information content (AvgIpc) is 2.13. The van der Waals surface area contributed by atoms with Crippen molar-refractivity contribution >= 4 is 5.97 Å². The minimum atomic E-state index is -0.829. The third-order valence-electron chi connectivity index (χ3n) is 1.71. The Morgan fingerprint density at radius 1 is 1.64 bits per heavy atom. The van der Waals surface area contributed by atoms with Gasteiger partial charge in [0.25, 0.3) is 0 Å². The molecule has 0 bridgehead atoms. The summed E-state index contributed by atoms with van der Waals surface area (Å²) in [5.41, 5.74) is 5.48. The standard InChI is InChI=1S/C6H13N3O2/c7-6-8-3-1-2-4(9-6)5(10)11/h4,6,8-9H,1-3,7H2,(H,10,11). The molecular weight excluding hydrogens is 146 g/mol. The number of hydrogen-bond donors (Lipinski definition) is 4. The van der Waals surface area contributed by atoms with E-state index < -0.39 is 18.3 Å². The summed E-state index contributed by atoms with van der Waals surface area (Å²) in [6, 6.07) is -0.500. The van der Waals surface area contributed by atoms with Crippen molar-refractivity contribution in [2.24, 2.45) is 5.73 Å². The molecule has 5 nitrogen and oxygen atoms in total. The van der Waals surface area contributed by atoms with Gasteiger partial charge in [0, 0.05) is 0 Å². The van der Waals surface area contributed by atoms with E-state index in [1.165, 1.54) is 0 Å². The molecule has 1 aliphatic rings. The monoisotopic (exact) mass is 159 g/mol. The molecule has 0 aliphatic carbocycles. The summed E-state index contributed by atoms with van der Waals surface area (Å²) in [5.74, 6) is -0.829. The van der Waals surface area contributed by atoms with E-state index in [4.69, 9.17) is 10.8 Å². The van der Waals surface area contributed by atoms with E-state index in [1.54, 1.807) is 0 Å². The lowest BCUT2D eigenvalue weighted by molar-refractivity contribution is -0.139. The Balaban J connectivity index is 2.45. The molecule has 11 heavy (non-hydrogen) atoms. The van der Waals surface area contributed by atoms with E-state index in [2.05, 4.69) is 10.6 Å². The first-order valence-electron chi connectivity index (χ1n) is 3.68. The highest BCUT2D eigenvalue weighted by Gasteiger charge is 2.21.